The van der Waals surface area contributed by atoms with Crippen molar-refractivity contribution in [2.45, 2.75) is 31.8 Å². The average molecular weight is 475 g/mol. The number of rotatable bonds is 9. The van der Waals surface area contributed by atoms with Crippen LogP contribution in [0, 0.1) is 5.92 Å². The lowest BCUT2D eigenvalue weighted by Gasteiger charge is -2.26. The molecular formula is C24H27ClN2O6. The van der Waals surface area contributed by atoms with Gasteiger partial charge < -0.3 is 25.2 Å². The van der Waals surface area contributed by atoms with E-state index in [1.165, 1.54) is 13.2 Å². The van der Waals surface area contributed by atoms with Crippen molar-refractivity contribution in [1.82, 2.24) is 10.6 Å². The van der Waals surface area contributed by atoms with Crippen molar-refractivity contribution in [3.05, 3.63) is 58.6 Å². The summed E-state index contributed by atoms with van der Waals surface area (Å²) in [5, 5.41) is 15.0. The van der Waals surface area contributed by atoms with Crippen molar-refractivity contribution in [1.29, 1.82) is 0 Å². The Bertz CT molecular complexity index is 987. The predicted octanol–water partition coefficient (Wildman–Crippen LogP) is 3.53. The second kappa shape index (κ2) is 11.6. The smallest absolute Gasteiger partial charge is 0.306 e. The first-order valence-corrected chi connectivity index (χ1v) is 11.1. The van der Waals surface area contributed by atoms with E-state index in [4.69, 9.17) is 26.2 Å². The Kier molecular flexibility index (Phi) is 8.54. The second-order valence-corrected chi connectivity index (χ2v) is 8.25. The maximum Gasteiger partial charge on any atom is 0.306 e. The molecule has 3 N–H and O–H groups in total. The van der Waals surface area contributed by atoms with Gasteiger partial charge in [-0.1, -0.05) is 11.6 Å². The molecule has 0 radical (unpaired) electrons. The van der Waals surface area contributed by atoms with Crippen molar-refractivity contribution in [3.8, 4) is 11.5 Å². The van der Waals surface area contributed by atoms with Crippen LogP contribution in [0.4, 0.5) is 0 Å². The molecule has 9 heteroatoms. The maximum atomic E-state index is 12.3. The number of carboxylic acids is 1. The highest BCUT2D eigenvalue weighted by atomic mass is 35.5. The third kappa shape index (κ3) is 6.86. The first kappa shape index (κ1) is 24.4. The average Bonchev–Trinajstić information content (AvgIpc) is 2.82. The Labute approximate surface area is 197 Å². The van der Waals surface area contributed by atoms with Crippen LogP contribution < -0.4 is 20.1 Å². The van der Waals surface area contributed by atoms with Crippen LogP contribution in [0.1, 0.15) is 46.4 Å². The van der Waals surface area contributed by atoms with Crippen molar-refractivity contribution >= 4 is 29.4 Å². The van der Waals surface area contributed by atoms with Crippen LogP contribution in [0.2, 0.25) is 5.02 Å². The third-order valence-electron chi connectivity index (χ3n) is 5.54. The van der Waals surface area contributed by atoms with E-state index in [2.05, 4.69) is 10.6 Å². The first-order chi connectivity index (χ1) is 15.9. The lowest BCUT2D eigenvalue weighted by atomic mass is 9.87. The number of carbonyl (C=O) groups is 3. The lowest BCUT2D eigenvalue weighted by Crippen LogP contribution is -2.34. The number of hydrogen-bond acceptors (Lipinski definition) is 5. The predicted molar refractivity (Wildman–Crippen MR) is 123 cm³/mol. The highest BCUT2D eigenvalue weighted by molar-refractivity contribution is 6.31. The Morgan fingerprint density at radius 2 is 1.61 bits per heavy atom. The zero-order valence-electron chi connectivity index (χ0n) is 18.3. The van der Waals surface area contributed by atoms with Crippen molar-refractivity contribution in [2.24, 2.45) is 5.92 Å². The van der Waals surface area contributed by atoms with Gasteiger partial charge in [-0.2, -0.15) is 0 Å². The van der Waals surface area contributed by atoms with Crippen molar-refractivity contribution in [2.75, 3.05) is 20.2 Å². The topological polar surface area (TPSA) is 114 Å². The van der Waals surface area contributed by atoms with Gasteiger partial charge in [-0.3, -0.25) is 14.4 Å². The summed E-state index contributed by atoms with van der Waals surface area (Å²) in [6, 6.07) is 11.6. The van der Waals surface area contributed by atoms with Gasteiger partial charge in [0.25, 0.3) is 11.8 Å². The molecule has 176 valence electrons. The van der Waals surface area contributed by atoms with Gasteiger partial charge in [0.1, 0.15) is 11.5 Å². The Morgan fingerprint density at radius 3 is 2.21 bits per heavy atom. The molecule has 0 bridgehead atoms. The van der Waals surface area contributed by atoms with Crippen LogP contribution in [0.15, 0.2) is 42.5 Å². The Hall–Kier alpha value is -3.26. The van der Waals surface area contributed by atoms with E-state index < -0.39 is 5.97 Å². The van der Waals surface area contributed by atoms with E-state index >= 15 is 0 Å². The number of nitrogens with one attached hydrogen (secondary N) is 2. The summed E-state index contributed by atoms with van der Waals surface area (Å²) in [6.45, 7) is 0.485. The zero-order valence-corrected chi connectivity index (χ0v) is 19.1. The van der Waals surface area contributed by atoms with Gasteiger partial charge in [-0.05, 0) is 68.1 Å². The van der Waals surface area contributed by atoms with Gasteiger partial charge in [0.05, 0.1) is 24.7 Å². The van der Waals surface area contributed by atoms with E-state index in [9.17, 15) is 14.4 Å². The van der Waals surface area contributed by atoms with E-state index in [0.29, 0.717) is 53.3 Å². The quantitative estimate of drug-likeness (QED) is 0.479. The van der Waals surface area contributed by atoms with Crippen LogP contribution in [0.25, 0.3) is 0 Å². The molecule has 8 nitrogen and oxygen atoms in total. The molecule has 2 aromatic carbocycles. The zero-order chi connectivity index (χ0) is 23.8. The Balaban J connectivity index is 1.41. The number of halogens is 1. The van der Waals surface area contributed by atoms with Gasteiger partial charge in [0.2, 0.25) is 0 Å². The summed E-state index contributed by atoms with van der Waals surface area (Å²) < 4.78 is 11.1. The molecule has 0 heterocycles. The minimum absolute atomic E-state index is 0.0120. The molecule has 0 aliphatic heterocycles. The van der Waals surface area contributed by atoms with Gasteiger partial charge in [0, 0.05) is 23.7 Å². The number of methoxy groups -OCH3 is 1. The van der Waals surface area contributed by atoms with Gasteiger partial charge in [-0.25, -0.2) is 0 Å². The number of hydrogen-bond donors (Lipinski definition) is 3. The van der Waals surface area contributed by atoms with E-state index in [0.717, 1.165) is 0 Å². The largest absolute Gasteiger partial charge is 0.496 e. The SMILES string of the molecule is COc1ccc(Cl)cc1C(=O)NCCNC(=O)c1ccc(OC2CCC(C(=O)O)CC2)cc1. The molecule has 1 saturated carbocycles. The van der Waals surface area contributed by atoms with Crippen molar-refractivity contribution in [3.63, 3.8) is 0 Å². The second-order valence-electron chi connectivity index (χ2n) is 7.81. The number of aliphatic carboxylic acids is 1. The number of carbonyl (C=O) groups excluding carboxylic acids is 2. The summed E-state index contributed by atoms with van der Waals surface area (Å²) in [4.78, 5) is 35.7. The fraction of sp³-hybridized carbons (Fsp3) is 0.375. The molecule has 33 heavy (non-hydrogen) atoms. The Morgan fingerprint density at radius 1 is 0.970 bits per heavy atom. The minimum atomic E-state index is -0.743. The number of amides is 2. The molecule has 3 rings (SSSR count). The normalized spacial score (nSPS) is 17.6. The fourth-order valence-electron chi connectivity index (χ4n) is 3.71. The van der Waals surface area contributed by atoms with Crippen LogP contribution in [0.3, 0.4) is 0 Å². The summed E-state index contributed by atoms with van der Waals surface area (Å²) >= 11 is 5.95. The van der Waals surface area contributed by atoms with Crippen molar-refractivity contribution < 1.29 is 29.0 Å². The molecule has 1 fully saturated rings. The monoisotopic (exact) mass is 474 g/mol. The molecule has 1 aliphatic carbocycles. The van der Waals surface area contributed by atoms with E-state index in [1.54, 1.807) is 36.4 Å². The first-order valence-electron chi connectivity index (χ1n) is 10.8. The number of ether oxygens (including phenoxy) is 2. The molecule has 0 saturated heterocycles. The summed E-state index contributed by atoms with van der Waals surface area (Å²) in [5.74, 6) is -0.576. The maximum absolute atomic E-state index is 12.3. The summed E-state index contributed by atoms with van der Waals surface area (Å²) in [6.07, 6.45) is 2.61. The standard InChI is InChI=1S/C24H27ClN2O6/c1-32-21-11-6-17(25)14-20(21)23(29)27-13-12-26-22(28)15-2-7-18(8-3-15)33-19-9-4-16(5-10-19)24(30)31/h2-3,6-8,11,14,16,19H,4-5,9-10,12-13H2,1H3,(H,26,28)(H,27,29)(H,30,31). The van der Waals surface area contributed by atoms with Crippen LogP contribution >= 0.6 is 11.6 Å². The molecule has 0 spiro atoms. The van der Waals surface area contributed by atoms with E-state index in [-0.39, 0.29) is 36.9 Å². The lowest BCUT2D eigenvalue weighted by molar-refractivity contribution is -0.143. The van der Waals surface area contributed by atoms with Gasteiger partial charge in [-0.15, -0.1) is 0 Å². The van der Waals surface area contributed by atoms with Gasteiger partial charge in [0.15, 0.2) is 0 Å². The van der Waals surface area contributed by atoms with Crippen LogP contribution in [-0.2, 0) is 4.79 Å². The van der Waals surface area contributed by atoms with Crippen LogP contribution in [0.5, 0.6) is 11.5 Å². The molecule has 0 unspecified atom stereocenters. The molecule has 0 atom stereocenters. The van der Waals surface area contributed by atoms with Crippen LogP contribution in [-0.4, -0.2) is 49.2 Å². The van der Waals surface area contributed by atoms with E-state index in [1.807, 2.05) is 0 Å². The summed E-state index contributed by atoms with van der Waals surface area (Å²) in [5.41, 5.74) is 0.795. The summed E-state index contributed by atoms with van der Waals surface area (Å²) in [7, 11) is 1.47. The molecule has 2 aromatic rings. The number of benzene rings is 2. The fourth-order valence-corrected chi connectivity index (χ4v) is 3.88. The highest BCUT2D eigenvalue weighted by Gasteiger charge is 2.26. The third-order valence-corrected chi connectivity index (χ3v) is 5.78. The highest BCUT2D eigenvalue weighted by Crippen LogP contribution is 2.28. The molecule has 2 amide bonds. The van der Waals surface area contributed by atoms with Gasteiger partial charge >= 0.3 is 5.97 Å². The number of carboxylic acid groups (broad SMARTS) is 1. The molecule has 0 aromatic heterocycles. The molecule has 1 aliphatic rings. The minimum Gasteiger partial charge on any atom is -0.496 e. The molecular weight excluding hydrogens is 448 g/mol.